The topological polar surface area (TPSA) is 20.3 Å². The number of rotatable bonds is 1. The number of β-lactam (4-membered cyclic amide) rings is 1. The first kappa shape index (κ1) is 15.8. The van der Waals surface area contributed by atoms with Crippen LogP contribution in [-0.2, 0) is 37.5 Å². The predicted octanol–water partition coefficient (Wildman–Crippen LogP) is 2.71. The third-order valence-corrected chi connectivity index (χ3v) is 2.58. The zero-order valence-corrected chi connectivity index (χ0v) is 12.7. The van der Waals surface area contributed by atoms with Gasteiger partial charge in [0.15, 0.2) is 0 Å². The van der Waals surface area contributed by atoms with E-state index in [1.807, 2.05) is 37.3 Å². The van der Waals surface area contributed by atoms with Crippen molar-refractivity contribution < 1.29 is 37.5 Å². The van der Waals surface area contributed by atoms with E-state index < -0.39 is 0 Å². The normalized spacial score (nSPS) is 22.5. The molecular weight excluding hydrogens is 275 g/mol. The van der Waals surface area contributed by atoms with Crippen molar-refractivity contribution in [2.75, 3.05) is 4.90 Å². The van der Waals surface area contributed by atoms with Gasteiger partial charge in [0.2, 0.25) is 5.91 Å². The molecule has 2 unspecified atom stereocenters. The largest absolute Gasteiger partial charge is 0.346 e. The summed E-state index contributed by atoms with van der Waals surface area (Å²) in [6.07, 6.45) is 0. The summed E-state index contributed by atoms with van der Waals surface area (Å²) in [6.45, 7) is 10.8. The van der Waals surface area contributed by atoms with Gasteiger partial charge in [-0.05, 0) is 19.1 Å². The second kappa shape index (κ2) is 7.18. The molecule has 1 aliphatic heterocycles. The fraction of sp³-hybridized carbons (Fsp3) is 0.308. The Kier molecular flexibility index (Phi) is 7.09. The van der Waals surface area contributed by atoms with E-state index >= 15 is 0 Å². The SMILES string of the molecule is [CH2-]C.[CH2-]C1C(=O)N(c2ccccc2)C1C.[Y]. The van der Waals surface area contributed by atoms with Crippen molar-refractivity contribution in [1.82, 2.24) is 0 Å². The average molecular weight is 292 g/mol. The van der Waals surface area contributed by atoms with Gasteiger partial charge in [-0.1, -0.05) is 24.1 Å². The van der Waals surface area contributed by atoms with E-state index in [1.165, 1.54) is 0 Å². The molecule has 1 aromatic carbocycles. The molecule has 85 valence electrons. The number of hydrogen-bond acceptors (Lipinski definition) is 1. The van der Waals surface area contributed by atoms with Gasteiger partial charge in [0.05, 0.1) is 0 Å². The molecule has 0 spiro atoms. The summed E-state index contributed by atoms with van der Waals surface area (Å²) in [6, 6.07) is 9.94. The summed E-state index contributed by atoms with van der Waals surface area (Å²) in [5, 5.41) is 0. The van der Waals surface area contributed by atoms with Crippen molar-refractivity contribution in [1.29, 1.82) is 0 Å². The molecule has 2 rings (SSSR count). The van der Waals surface area contributed by atoms with Crippen LogP contribution in [0.4, 0.5) is 5.69 Å². The molecule has 3 heteroatoms. The Morgan fingerprint density at radius 3 is 2.12 bits per heavy atom. The quantitative estimate of drug-likeness (QED) is 0.575. The molecule has 0 bridgehead atoms. The molecule has 1 amide bonds. The first-order valence-electron chi connectivity index (χ1n) is 5.13. The van der Waals surface area contributed by atoms with Crippen LogP contribution in [0.15, 0.2) is 30.3 Å². The summed E-state index contributed by atoms with van der Waals surface area (Å²) in [7, 11) is 0. The van der Waals surface area contributed by atoms with Gasteiger partial charge < -0.3 is 18.7 Å². The summed E-state index contributed by atoms with van der Waals surface area (Å²) in [5.74, 6) is 0.0545. The molecule has 0 saturated carbocycles. The number of hydrogen-bond donors (Lipinski definition) is 0. The van der Waals surface area contributed by atoms with Crippen molar-refractivity contribution in [3.8, 4) is 0 Å². The molecule has 0 aromatic heterocycles. The molecule has 0 aliphatic carbocycles. The molecule has 1 fully saturated rings. The molecule has 2 nitrogen and oxygen atoms in total. The molecule has 1 radical (unpaired) electrons. The zero-order chi connectivity index (χ0) is 11.4. The molecule has 0 N–H and O–H groups in total. The minimum absolute atomic E-state index is 0. The maximum Gasteiger partial charge on any atom is 0.202 e. The smallest absolute Gasteiger partial charge is 0.202 e. The molecule has 1 heterocycles. The maximum atomic E-state index is 11.4. The van der Waals surface area contributed by atoms with Crippen molar-refractivity contribution in [3.05, 3.63) is 44.2 Å². The van der Waals surface area contributed by atoms with E-state index in [-0.39, 0.29) is 50.6 Å². The van der Waals surface area contributed by atoms with Gasteiger partial charge in [-0.25, -0.2) is 0 Å². The maximum absolute atomic E-state index is 11.4. The van der Waals surface area contributed by atoms with Crippen molar-refractivity contribution in [2.24, 2.45) is 5.92 Å². The number of carbonyl (C=O) groups excluding carboxylic acids is 1. The summed E-state index contributed by atoms with van der Waals surface area (Å²) in [5.41, 5.74) is 0.972. The monoisotopic (exact) mass is 292 g/mol. The molecule has 2 atom stereocenters. The van der Waals surface area contributed by atoms with Crippen molar-refractivity contribution in [3.63, 3.8) is 0 Å². The minimum atomic E-state index is -0.0693. The number of para-hydroxylation sites is 1. The van der Waals surface area contributed by atoms with Gasteiger partial charge in [-0.15, -0.1) is 0 Å². The van der Waals surface area contributed by atoms with Crippen molar-refractivity contribution in [2.45, 2.75) is 19.9 Å². The molecule has 1 aliphatic rings. The van der Waals surface area contributed by atoms with Crippen LogP contribution in [-0.4, -0.2) is 11.9 Å². The molecular formula is C13H17NOY-2. The first-order valence-corrected chi connectivity index (χ1v) is 5.13. The van der Waals surface area contributed by atoms with Crippen LogP contribution in [0.25, 0.3) is 0 Å². The average Bonchev–Trinajstić information content (AvgIpc) is 2.33. The van der Waals surface area contributed by atoms with Crippen LogP contribution >= 0.6 is 0 Å². The second-order valence-electron chi connectivity index (χ2n) is 3.39. The van der Waals surface area contributed by atoms with E-state index in [0.717, 1.165) is 5.69 Å². The Morgan fingerprint density at radius 1 is 1.19 bits per heavy atom. The Hall–Kier alpha value is -0.206. The Bertz CT molecular complexity index is 326. The fourth-order valence-electron chi connectivity index (χ4n) is 1.63. The second-order valence-corrected chi connectivity index (χ2v) is 3.39. The number of amides is 1. The summed E-state index contributed by atoms with van der Waals surface area (Å²) < 4.78 is 0. The standard InChI is InChI=1S/C11H12NO.C2H5.Y/c1-8-9(2)12(11(8)13)10-6-4-3-5-7-10;1-2;/h3-9H,1H2,2H3;1H2,2H3;/q2*-1;. The van der Waals surface area contributed by atoms with E-state index in [2.05, 4.69) is 13.8 Å². The van der Waals surface area contributed by atoms with Crippen LogP contribution < -0.4 is 4.90 Å². The van der Waals surface area contributed by atoms with E-state index in [9.17, 15) is 4.79 Å². The Labute approximate surface area is 123 Å². The zero-order valence-electron chi connectivity index (χ0n) is 9.89. The van der Waals surface area contributed by atoms with Gasteiger partial charge >= 0.3 is 0 Å². The van der Waals surface area contributed by atoms with E-state index in [0.29, 0.717) is 0 Å². The number of nitrogens with zero attached hydrogens (tertiary/aromatic N) is 1. The Morgan fingerprint density at radius 2 is 1.69 bits per heavy atom. The molecule has 1 aromatic rings. The van der Waals surface area contributed by atoms with Gasteiger partial charge in [-0.2, -0.15) is 6.92 Å². The third kappa shape index (κ3) is 2.92. The molecule has 16 heavy (non-hydrogen) atoms. The van der Waals surface area contributed by atoms with Gasteiger partial charge in [-0.3, -0.25) is 4.79 Å². The first-order chi connectivity index (χ1) is 7.22. The minimum Gasteiger partial charge on any atom is -0.346 e. The predicted molar refractivity (Wildman–Crippen MR) is 63.3 cm³/mol. The molecule has 1 saturated heterocycles. The number of carbonyl (C=O) groups is 1. The van der Waals surface area contributed by atoms with E-state index in [4.69, 9.17) is 0 Å². The van der Waals surface area contributed by atoms with Gasteiger partial charge in [0, 0.05) is 44.4 Å². The van der Waals surface area contributed by atoms with Gasteiger partial charge in [0.25, 0.3) is 0 Å². The van der Waals surface area contributed by atoms with Crippen LogP contribution in [0.3, 0.4) is 0 Å². The number of benzene rings is 1. The van der Waals surface area contributed by atoms with Crippen molar-refractivity contribution >= 4 is 11.6 Å². The van der Waals surface area contributed by atoms with Crippen LogP contribution in [0, 0.1) is 19.8 Å². The third-order valence-electron chi connectivity index (χ3n) is 2.58. The fourth-order valence-corrected chi connectivity index (χ4v) is 1.63. The van der Waals surface area contributed by atoms with Gasteiger partial charge in [0.1, 0.15) is 0 Å². The number of anilines is 1. The summed E-state index contributed by atoms with van der Waals surface area (Å²) >= 11 is 0. The Balaban J connectivity index is 0.000000711. The van der Waals surface area contributed by atoms with Crippen LogP contribution in [0.5, 0.6) is 0 Å². The van der Waals surface area contributed by atoms with Crippen LogP contribution in [0.1, 0.15) is 13.8 Å². The summed E-state index contributed by atoms with van der Waals surface area (Å²) in [4.78, 5) is 13.2. The van der Waals surface area contributed by atoms with E-state index in [1.54, 1.807) is 11.8 Å². The van der Waals surface area contributed by atoms with Crippen LogP contribution in [0.2, 0.25) is 0 Å².